The van der Waals surface area contributed by atoms with Gasteiger partial charge >= 0.3 is 33.9 Å². The van der Waals surface area contributed by atoms with Crippen LogP contribution in [0.15, 0.2) is 54.6 Å². The van der Waals surface area contributed by atoms with Crippen molar-refractivity contribution in [3.63, 3.8) is 0 Å². The van der Waals surface area contributed by atoms with Crippen LogP contribution in [0.25, 0.3) is 0 Å². The Morgan fingerprint density at radius 2 is 1.27 bits per heavy atom. The van der Waals surface area contributed by atoms with Crippen LogP contribution in [-0.2, 0) is 62.3 Å². The maximum atomic E-state index is 10.5. The SMILES string of the molecule is O=S([S-])Cc1ccccc1.[C-]#[O+].[C-]#[O+].[C-]#[O+].[CH]1C=CC=C1.[W]. The molecule has 7 heteroatoms. The van der Waals surface area contributed by atoms with E-state index in [0.29, 0.717) is 5.75 Å². The minimum Gasteiger partial charge on any atom is -0.0767 e. The molecular formula is C15H12O4S2W-. The van der Waals surface area contributed by atoms with Crippen LogP contribution in [0.1, 0.15) is 5.56 Å². The molecule has 1 radical (unpaired) electrons. The van der Waals surface area contributed by atoms with Crippen molar-refractivity contribution in [3.05, 3.63) is 86.6 Å². The molecule has 1 unspecified atom stereocenters. The summed E-state index contributed by atoms with van der Waals surface area (Å²) in [6.45, 7) is 13.5. The molecule has 22 heavy (non-hydrogen) atoms. The molecule has 2 rings (SSSR count). The van der Waals surface area contributed by atoms with Crippen LogP contribution >= 0.6 is 0 Å². The minimum absolute atomic E-state index is 0. The Kier molecular flexibility index (Phi) is 37.5. The molecule has 0 aliphatic heterocycles. The summed E-state index contributed by atoms with van der Waals surface area (Å²) in [5.41, 5.74) is 1.04. The van der Waals surface area contributed by atoms with Crippen LogP contribution in [-0.4, -0.2) is 4.21 Å². The third-order valence-electron chi connectivity index (χ3n) is 1.68. The van der Waals surface area contributed by atoms with E-state index in [9.17, 15) is 4.21 Å². The van der Waals surface area contributed by atoms with Gasteiger partial charge in [-0.1, -0.05) is 54.6 Å². The normalized spacial score (nSPS) is 10.1. The average Bonchev–Trinajstić information content (AvgIpc) is 3.13. The molecule has 1 atom stereocenters. The van der Waals surface area contributed by atoms with Gasteiger partial charge in [0.25, 0.3) is 0 Å². The van der Waals surface area contributed by atoms with E-state index in [1.165, 1.54) is 0 Å². The van der Waals surface area contributed by atoms with Crippen molar-refractivity contribution in [2.45, 2.75) is 5.75 Å². The Morgan fingerprint density at radius 1 is 0.864 bits per heavy atom. The van der Waals surface area contributed by atoms with E-state index in [4.69, 9.17) is 14.0 Å². The average molecular weight is 504 g/mol. The van der Waals surface area contributed by atoms with E-state index >= 15 is 0 Å². The second-order valence-electron chi connectivity index (χ2n) is 2.90. The zero-order chi connectivity index (χ0) is 16.9. The molecule has 0 amide bonds. The van der Waals surface area contributed by atoms with E-state index in [1.54, 1.807) is 0 Å². The number of hydrogen-bond donors (Lipinski definition) is 0. The fraction of sp³-hybridized carbons (Fsp3) is 0.0667. The molecule has 0 bridgehead atoms. The second kappa shape index (κ2) is 28.3. The van der Waals surface area contributed by atoms with E-state index in [1.807, 2.05) is 61.1 Å². The van der Waals surface area contributed by atoms with Gasteiger partial charge in [-0.2, -0.15) is 0 Å². The van der Waals surface area contributed by atoms with Gasteiger partial charge in [0.2, 0.25) is 0 Å². The summed E-state index contributed by atoms with van der Waals surface area (Å²) in [6, 6.07) is 9.60. The molecule has 0 fully saturated rings. The first-order chi connectivity index (χ1) is 10.3. The zero-order valence-electron chi connectivity index (χ0n) is 11.3. The maximum absolute atomic E-state index is 10.5. The first-order valence-corrected chi connectivity index (χ1v) is 7.41. The van der Waals surface area contributed by atoms with Crippen molar-refractivity contribution < 1.29 is 39.2 Å². The predicted octanol–water partition coefficient (Wildman–Crippen LogP) is 2.60. The van der Waals surface area contributed by atoms with Crippen molar-refractivity contribution in [2.75, 3.05) is 0 Å². The third kappa shape index (κ3) is 24.1. The number of allylic oxidation sites excluding steroid dienone is 4. The Bertz CT molecular complexity index is 455. The van der Waals surface area contributed by atoms with Crippen molar-refractivity contribution in [3.8, 4) is 0 Å². The number of benzene rings is 1. The van der Waals surface area contributed by atoms with Crippen LogP contribution in [0, 0.1) is 26.4 Å². The largest absolute Gasteiger partial charge is 0.0767 e. The van der Waals surface area contributed by atoms with E-state index in [-0.39, 0.29) is 21.1 Å². The van der Waals surface area contributed by atoms with E-state index in [0.717, 1.165) is 5.56 Å². The summed E-state index contributed by atoms with van der Waals surface area (Å²) in [4.78, 5) is 0. The van der Waals surface area contributed by atoms with Crippen molar-refractivity contribution in [1.29, 1.82) is 0 Å². The van der Waals surface area contributed by atoms with Crippen molar-refractivity contribution >= 4 is 21.5 Å². The van der Waals surface area contributed by atoms with Crippen molar-refractivity contribution in [1.82, 2.24) is 0 Å². The maximum Gasteiger partial charge on any atom is 0.00506 e. The first kappa shape index (κ1) is 29.2. The molecule has 4 nitrogen and oxygen atoms in total. The van der Waals surface area contributed by atoms with Crippen LogP contribution in [0.4, 0.5) is 0 Å². The topological polar surface area (TPSA) is 76.8 Å². The summed E-state index contributed by atoms with van der Waals surface area (Å²) in [6.07, 6.45) is 10.0. The second-order valence-corrected chi connectivity index (χ2v) is 4.91. The van der Waals surface area contributed by atoms with Gasteiger partial charge in [0, 0.05) is 33.2 Å². The van der Waals surface area contributed by atoms with Gasteiger partial charge in [-0.15, -0.1) is 9.83 Å². The standard InChI is InChI=1S/C7H8OS2.C5H5.3CO.W/c8-10(9)6-7-4-2-1-3-5-7;1-2-4-5-3-1;3*1-2;/h1-5H,6H2,(H,8,9);1-5H;;;;/p-1. The third-order valence-corrected chi connectivity index (χ3v) is 2.61. The zero-order valence-corrected chi connectivity index (χ0v) is 15.9. The van der Waals surface area contributed by atoms with Crippen LogP contribution in [0.3, 0.4) is 0 Å². The molecule has 1 aromatic rings. The predicted molar refractivity (Wildman–Crippen MR) is 80.0 cm³/mol. The van der Waals surface area contributed by atoms with Gasteiger partial charge in [0.05, 0.1) is 0 Å². The summed E-state index contributed by atoms with van der Waals surface area (Å²) in [5.74, 6) is 0.482. The van der Waals surface area contributed by atoms with Gasteiger partial charge in [-0.3, -0.25) is 4.21 Å². The monoisotopic (exact) mass is 504 g/mol. The van der Waals surface area contributed by atoms with Crippen molar-refractivity contribution in [2.24, 2.45) is 0 Å². The Hall–Kier alpha value is -0.892. The quantitative estimate of drug-likeness (QED) is 0.269. The molecule has 0 spiro atoms. The fourth-order valence-electron chi connectivity index (χ4n) is 1.03. The minimum atomic E-state index is -1.13. The van der Waals surface area contributed by atoms with Gasteiger partial charge < -0.3 is 11.7 Å². The van der Waals surface area contributed by atoms with Gasteiger partial charge in [0.15, 0.2) is 0 Å². The molecule has 0 aromatic heterocycles. The van der Waals surface area contributed by atoms with E-state index < -0.39 is 9.83 Å². The number of hydrogen-bond acceptors (Lipinski definition) is 2. The van der Waals surface area contributed by atoms with Crippen LogP contribution < -0.4 is 0 Å². The number of rotatable bonds is 2. The van der Waals surface area contributed by atoms with Crippen LogP contribution in [0.2, 0.25) is 0 Å². The van der Waals surface area contributed by atoms with Gasteiger partial charge in [0.1, 0.15) is 0 Å². The molecule has 0 saturated carbocycles. The molecular weight excluding hydrogens is 492 g/mol. The fourth-order valence-corrected chi connectivity index (χ4v) is 1.90. The first-order valence-electron chi connectivity index (χ1n) is 5.17. The molecule has 0 heterocycles. The Balaban J connectivity index is -0.000000115. The summed E-state index contributed by atoms with van der Waals surface area (Å²) in [5, 5.41) is 0. The summed E-state index contributed by atoms with van der Waals surface area (Å²) >= 11 is 4.53. The smallest absolute Gasteiger partial charge is 0.00506 e. The molecule has 0 N–H and O–H groups in total. The van der Waals surface area contributed by atoms with E-state index in [2.05, 4.69) is 31.6 Å². The Morgan fingerprint density at radius 3 is 1.55 bits per heavy atom. The molecule has 115 valence electrons. The van der Waals surface area contributed by atoms with Gasteiger partial charge in [-0.05, 0) is 5.56 Å². The molecule has 1 aliphatic rings. The van der Waals surface area contributed by atoms with Gasteiger partial charge in [-0.25, -0.2) is 0 Å². The summed E-state index contributed by atoms with van der Waals surface area (Å²) < 4.78 is 33.0. The molecule has 0 saturated heterocycles. The molecule has 1 aromatic carbocycles. The van der Waals surface area contributed by atoms with Crippen LogP contribution in [0.5, 0.6) is 0 Å². The summed E-state index contributed by atoms with van der Waals surface area (Å²) in [7, 11) is -1.13. The Labute approximate surface area is 152 Å². The molecule has 1 aliphatic carbocycles.